The average molecular weight is 495 g/mol. The van der Waals surface area contributed by atoms with Crippen molar-refractivity contribution in [3.05, 3.63) is 81.7 Å². The number of hydrogen-bond donors (Lipinski definition) is 1. The second-order valence-electron chi connectivity index (χ2n) is 8.23. The molecule has 9 nitrogen and oxygen atoms in total. The van der Waals surface area contributed by atoms with Crippen molar-refractivity contribution in [2.75, 3.05) is 5.32 Å². The molecule has 0 bridgehead atoms. The number of thiazole rings is 1. The molecule has 1 N–H and O–H groups in total. The molecule has 1 amide bonds. The van der Waals surface area contributed by atoms with E-state index < -0.39 is 17.3 Å². The first-order valence-electron chi connectivity index (χ1n) is 10.3. The molecular formula is C22H16ClFN8OS. The Morgan fingerprint density at radius 3 is 2.82 bits per heavy atom. The first kappa shape index (κ1) is 20.9. The largest absolute Gasteiger partial charge is 0.324 e. The first-order valence-corrected chi connectivity index (χ1v) is 11.6. The Labute approximate surface area is 201 Å². The van der Waals surface area contributed by atoms with Crippen LogP contribution in [0.3, 0.4) is 0 Å². The fourth-order valence-corrected chi connectivity index (χ4v) is 5.67. The van der Waals surface area contributed by atoms with Gasteiger partial charge in [-0.2, -0.15) is 14.6 Å². The number of aromatic nitrogens is 7. The van der Waals surface area contributed by atoms with E-state index in [0.29, 0.717) is 28.5 Å². The molecule has 0 saturated heterocycles. The Kier molecular flexibility index (Phi) is 4.71. The maximum atomic E-state index is 14.0. The highest BCUT2D eigenvalue weighted by Crippen LogP contribution is 2.51. The molecule has 0 spiro atoms. The minimum absolute atomic E-state index is 0.218. The number of nitrogens with zero attached hydrogens (tertiary/aromatic N) is 7. The number of amides is 1. The molecule has 0 radical (unpaired) electrons. The number of carbonyl (C=O) groups is 1. The summed E-state index contributed by atoms with van der Waals surface area (Å²) in [4.78, 5) is 24.3. The summed E-state index contributed by atoms with van der Waals surface area (Å²) in [6.45, 7) is 2.04. The normalized spacial score (nSPS) is 19.4. The van der Waals surface area contributed by atoms with E-state index in [9.17, 15) is 9.18 Å². The van der Waals surface area contributed by atoms with Crippen LogP contribution in [0, 0.1) is 5.95 Å². The summed E-state index contributed by atoms with van der Waals surface area (Å²) < 4.78 is 15.6. The van der Waals surface area contributed by atoms with Gasteiger partial charge in [-0.3, -0.25) is 9.78 Å². The third kappa shape index (κ3) is 3.19. The Balaban J connectivity index is 1.38. The summed E-state index contributed by atoms with van der Waals surface area (Å²) in [5.74, 6) is -0.925. The van der Waals surface area contributed by atoms with Crippen LogP contribution in [0.5, 0.6) is 0 Å². The standard InChI is InChI=1S/C22H16ClFN8OS/c1-22(17-10-25-11-34-17)8-15(14-3-2-13-7-18(24)30-31(13)19(14)22)21(33)29-12-6-16(23)20(26-9-12)32-27-4-5-28-32/h2-7,9-11,15H,8H2,1H3,(H,29,33)/t15-,22-/m0/s1. The highest BCUT2D eigenvalue weighted by Gasteiger charge is 2.47. The molecule has 34 heavy (non-hydrogen) atoms. The molecule has 5 aromatic heterocycles. The van der Waals surface area contributed by atoms with Gasteiger partial charge in [0.25, 0.3) is 0 Å². The highest BCUT2D eigenvalue weighted by molar-refractivity contribution is 7.09. The molecule has 0 unspecified atom stereocenters. The Hall–Kier alpha value is -3.70. The van der Waals surface area contributed by atoms with Gasteiger partial charge in [0, 0.05) is 22.6 Å². The van der Waals surface area contributed by atoms with Crippen molar-refractivity contribution in [1.82, 2.24) is 34.6 Å². The van der Waals surface area contributed by atoms with E-state index in [1.165, 1.54) is 40.8 Å². The molecule has 0 fully saturated rings. The highest BCUT2D eigenvalue weighted by atomic mass is 35.5. The molecule has 1 aliphatic rings. The van der Waals surface area contributed by atoms with Gasteiger partial charge in [-0.25, -0.2) is 9.50 Å². The molecule has 0 aliphatic heterocycles. The van der Waals surface area contributed by atoms with Gasteiger partial charge in [0.1, 0.15) is 0 Å². The number of fused-ring (bicyclic) bond motifs is 3. The zero-order valence-electron chi connectivity index (χ0n) is 17.7. The molecule has 12 heteroatoms. The fourth-order valence-electron chi connectivity index (χ4n) is 4.63. The zero-order valence-corrected chi connectivity index (χ0v) is 19.3. The minimum Gasteiger partial charge on any atom is -0.324 e. The number of halogens is 2. The Bertz CT molecular complexity index is 1530. The van der Waals surface area contributed by atoms with Crippen LogP contribution < -0.4 is 5.32 Å². The van der Waals surface area contributed by atoms with Crippen LogP contribution >= 0.6 is 22.9 Å². The second kappa shape index (κ2) is 7.67. The molecule has 5 heterocycles. The predicted molar refractivity (Wildman–Crippen MR) is 124 cm³/mol. The Morgan fingerprint density at radius 1 is 1.26 bits per heavy atom. The lowest BCUT2D eigenvalue weighted by Crippen LogP contribution is -2.24. The molecule has 2 atom stereocenters. The summed E-state index contributed by atoms with van der Waals surface area (Å²) >= 11 is 7.86. The molecule has 1 aliphatic carbocycles. The average Bonchev–Trinajstić information content (AvgIpc) is 3.60. The van der Waals surface area contributed by atoms with E-state index in [2.05, 4.69) is 30.6 Å². The summed E-state index contributed by atoms with van der Waals surface area (Å²) in [5.41, 5.74) is 3.84. The number of hydrogen-bond acceptors (Lipinski definition) is 7. The van der Waals surface area contributed by atoms with Crippen LogP contribution in [0.25, 0.3) is 11.3 Å². The van der Waals surface area contributed by atoms with Crippen molar-refractivity contribution >= 4 is 40.0 Å². The van der Waals surface area contributed by atoms with Crippen molar-refractivity contribution in [2.45, 2.75) is 24.7 Å². The van der Waals surface area contributed by atoms with Crippen molar-refractivity contribution < 1.29 is 9.18 Å². The smallest absolute Gasteiger partial charge is 0.233 e. The Morgan fingerprint density at radius 2 is 2.09 bits per heavy atom. The molecule has 0 aromatic carbocycles. The number of carbonyl (C=O) groups excluding carboxylic acids is 1. The molecule has 5 aromatic rings. The molecule has 170 valence electrons. The fraction of sp³-hybridized carbons (Fsp3) is 0.182. The van der Waals surface area contributed by atoms with Crippen molar-refractivity contribution in [1.29, 1.82) is 0 Å². The lowest BCUT2D eigenvalue weighted by atomic mass is 9.84. The summed E-state index contributed by atoms with van der Waals surface area (Å²) in [5, 5.41) is 15.3. The van der Waals surface area contributed by atoms with Crippen LogP contribution in [0.1, 0.15) is 35.4 Å². The van der Waals surface area contributed by atoms with Gasteiger partial charge in [0.05, 0.1) is 51.9 Å². The molecule has 0 saturated carbocycles. The number of anilines is 1. The maximum absolute atomic E-state index is 14.0. The monoisotopic (exact) mass is 494 g/mol. The SMILES string of the molecule is C[C@@]1(c2cncs2)C[C@H](C(=O)Nc2cnc(-n3nccn3)c(Cl)c2)c2ccc3cc(F)nn3c21. The lowest BCUT2D eigenvalue weighted by Gasteiger charge is -2.24. The van der Waals surface area contributed by atoms with Crippen molar-refractivity contribution in [3.63, 3.8) is 0 Å². The van der Waals surface area contributed by atoms with Gasteiger partial charge < -0.3 is 5.32 Å². The summed E-state index contributed by atoms with van der Waals surface area (Å²) in [7, 11) is 0. The van der Waals surface area contributed by atoms with Crippen LogP contribution in [-0.4, -0.2) is 40.5 Å². The van der Waals surface area contributed by atoms with Crippen LogP contribution in [0.2, 0.25) is 5.02 Å². The van der Waals surface area contributed by atoms with E-state index in [1.807, 2.05) is 13.0 Å². The van der Waals surface area contributed by atoms with Gasteiger partial charge >= 0.3 is 0 Å². The van der Waals surface area contributed by atoms with Crippen LogP contribution in [0.4, 0.5) is 10.1 Å². The summed E-state index contributed by atoms with van der Waals surface area (Å²) in [6.07, 6.45) is 6.82. The van der Waals surface area contributed by atoms with E-state index in [1.54, 1.807) is 28.4 Å². The van der Waals surface area contributed by atoms with Gasteiger partial charge in [-0.05, 0) is 31.0 Å². The van der Waals surface area contributed by atoms with Gasteiger partial charge in [0.15, 0.2) is 5.82 Å². The minimum atomic E-state index is -0.569. The summed E-state index contributed by atoms with van der Waals surface area (Å²) in [6, 6.07) is 6.64. The number of pyridine rings is 2. The first-order chi connectivity index (χ1) is 16.4. The predicted octanol–water partition coefficient (Wildman–Crippen LogP) is 3.99. The zero-order chi connectivity index (χ0) is 23.4. The van der Waals surface area contributed by atoms with Gasteiger partial charge in [0.2, 0.25) is 11.9 Å². The van der Waals surface area contributed by atoms with Gasteiger partial charge in [-0.15, -0.1) is 21.2 Å². The maximum Gasteiger partial charge on any atom is 0.233 e. The van der Waals surface area contributed by atoms with E-state index >= 15 is 0 Å². The number of rotatable bonds is 4. The van der Waals surface area contributed by atoms with Crippen LogP contribution in [0.15, 0.2) is 54.6 Å². The molecular weight excluding hydrogens is 479 g/mol. The lowest BCUT2D eigenvalue weighted by molar-refractivity contribution is -0.117. The van der Waals surface area contributed by atoms with E-state index in [4.69, 9.17) is 11.6 Å². The van der Waals surface area contributed by atoms with Crippen molar-refractivity contribution in [3.8, 4) is 5.82 Å². The van der Waals surface area contributed by atoms with E-state index in [0.717, 1.165) is 16.1 Å². The third-order valence-electron chi connectivity index (χ3n) is 6.13. The van der Waals surface area contributed by atoms with Crippen molar-refractivity contribution in [2.24, 2.45) is 0 Å². The molecule has 6 rings (SSSR count). The van der Waals surface area contributed by atoms with Gasteiger partial charge in [-0.1, -0.05) is 17.7 Å². The topological polar surface area (TPSA) is 103 Å². The quantitative estimate of drug-likeness (QED) is 0.405. The van der Waals surface area contributed by atoms with Crippen LogP contribution in [-0.2, 0) is 10.2 Å². The number of nitrogens with one attached hydrogen (secondary N) is 1. The second-order valence-corrected chi connectivity index (χ2v) is 9.53. The van der Waals surface area contributed by atoms with E-state index in [-0.39, 0.29) is 5.91 Å². The third-order valence-corrected chi connectivity index (χ3v) is 7.44.